The van der Waals surface area contributed by atoms with Crippen molar-refractivity contribution < 1.29 is 26.9 Å². The van der Waals surface area contributed by atoms with Crippen molar-refractivity contribution in [3.05, 3.63) is 41.4 Å². The third-order valence-electron chi connectivity index (χ3n) is 5.42. The molecule has 2 heterocycles. The quantitative estimate of drug-likeness (QED) is 0.608. The lowest BCUT2D eigenvalue weighted by Gasteiger charge is -2.34. The van der Waals surface area contributed by atoms with Crippen LogP contribution in [0.4, 0.5) is 10.2 Å². The van der Waals surface area contributed by atoms with Gasteiger partial charge in [-0.2, -0.15) is 4.31 Å². The fourth-order valence-corrected chi connectivity index (χ4v) is 5.19. The second kappa shape index (κ2) is 10.4. The van der Waals surface area contributed by atoms with Crippen LogP contribution in [0.25, 0.3) is 0 Å². The zero-order valence-electron chi connectivity index (χ0n) is 18.9. The molecule has 12 heteroatoms. The SMILES string of the molecule is CCN(CC)S(=O)(=O)c1cc(C(=O)N2CCN(CC(=O)Nc3cc(C)on3)CC2)ccc1F. The van der Waals surface area contributed by atoms with Crippen LogP contribution in [0.1, 0.15) is 30.0 Å². The molecule has 0 radical (unpaired) electrons. The minimum Gasteiger partial charge on any atom is -0.360 e. The maximum Gasteiger partial charge on any atom is 0.253 e. The predicted molar refractivity (Wildman–Crippen MR) is 119 cm³/mol. The molecule has 1 fully saturated rings. The number of carbonyl (C=O) groups is 2. The molecule has 1 saturated heterocycles. The number of halogens is 1. The molecule has 180 valence electrons. The summed E-state index contributed by atoms with van der Waals surface area (Å²) in [6, 6.07) is 5.02. The van der Waals surface area contributed by atoms with Crippen LogP contribution in [0.5, 0.6) is 0 Å². The summed E-state index contributed by atoms with van der Waals surface area (Å²) in [6.07, 6.45) is 0. The summed E-state index contributed by atoms with van der Waals surface area (Å²) in [4.78, 5) is 28.1. The van der Waals surface area contributed by atoms with Gasteiger partial charge in [-0.05, 0) is 25.1 Å². The zero-order valence-corrected chi connectivity index (χ0v) is 19.7. The number of carbonyl (C=O) groups excluding carboxylic acids is 2. The Bertz CT molecular complexity index is 1110. The minimum absolute atomic E-state index is 0.106. The molecule has 0 bridgehead atoms. The normalized spacial score (nSPS) is 15.1. The van der Waals surface area contributed by atoms with Gasteiger partial charge in [0.15, 0.2) is 5.82 Å². The van der Waals surface area contributed by atoms with Crippen molar-refractivity contribution in [2.45, 2.75) is 25.7 Å². The summed E-state index contributed by atoms with van der Waals surface area (Å²) in [7, 11) is -4.04. The number of hydrogen-bond donors (Lipinski definition) is 1. The molecule has 1 aliphatic rings. The molecule has 1 aliphatic heterocycles. The number of aryl methyl sites for hydroxylation is 1. The van der Waals surface area contributed by atoms with Gasteiger partial charge in [0.2, 0.25) is 15.9 Å². The number of benzene rings is 1. The van der Waals surface area contributed by atoms with E-state index >= 15 is 0 Å². The predicted octanol–water partition coefficient (Wildman–Crippen LogP) is 1.55. The highest BCUT2D eigenvalue weighted by atomic mass is 32.2. The number of nitrogens with one attached hydrogen (secondary N) is 1. The second-order valence-electron chi connectivity index (χ2n) is 7.67. The zero-order chi connectivity index (χ0) is 24.2. The van der Waals surface area contributed by atoms with E-state index in [2.05, 4.69) is 10.5 Å². The Morgan fingerprint density at radius 3 is 2.39 bits per heavy atom. The summed E-state index contributed by atoms with van der Waals surface area (Å²) in [5.74, 6) is -0.581. The third kappa shape index (κ3) is 5.75. The maximum atomic E-state index is 14.3. The van der Waals surface area contributed by atoms with Crippen molar-refractivity contribution >= 4 is 27.7 Å². The van der Waals surface area contributed by atoms with Gasteiger partial charge in [0.25, 0.3) is 5.91 Å². The first kappa shape index (κ1) is 24.8. The van der Waals surface area contributed by atoms with E-state index < -0.39 is 20.7 Å². The van der Waals surface area contributed by atoms with Gasteiger partial charge in [0.1, 0.15) is 16.5 Å². The number of rotatable bonds is 8. The van der Waals surface area contributed by atoms with Gasteiger partial charge in [-0.3, -0.25) is 14.5 Å². The van der Waals surface area contributed by atoms with E-state index in [0.29, 0.717) is 37.8 Å². The van der Waals surface area contributed by atoms with Crippen LogP contribution in [0.15, 0.2) is 33.7 Å². The average molecular weight is 482 g/mol. The van der Waals surface area contributed by atoms with Gasteiger partial charge >= 0.3 is 0 Å². The van der Waals surface area contributed by atoms with Crippen LogP contribution in [-0.4, -0.2) is 85.3 Å². The van der Waals surface area contributed by atoms with Gasteiger partial charge in [-0.1, -0.05) is 19.0 Å². The Labute approximate surface area is 192 Å². The van der Waals surface area contributed by atoms with E-state index in [-0.39, 0.29) is 37.0 Å². The molecule has 3 rings (SSSR count). The van der Waals surface area contributed by atoms with Gasteiger partial charge in [-0.15, -0.1) is 0 Å². The number of amides is 2. The van der Waals surface area contributed by atoms with Crippen molar-refractivity contribution in [2.24, 2.45) is 0 Å². The largest absolute Gasteiger partial charge is 0.360 e. The lowest BCUT2D eigenvalue weighted by atomic mass is 10.1. The molecule has 2 aromatic rings. The van der Waals surface area contributed by atoms with Crippen molar-refractivity contribution in [3.63, 3.8) is 0 Å². The molecule has 2 amide bonds. The highest BCUT2D eigenvalue weighted by molar-refractivity contribution is 7.89. The third-order valence-corrected chi connectivity index (χ3v) is 7.49. The number of anilines is 1. The fourth-order valence-electron chi connectivity index (χ4n) is 3.64. The standard InChI is InChI=1S/C21H28FN5O5S/c1-4-27(5-2)33(30,31)18-13-16(6-7-17(18)22)21(29)26-10-8-25(9-11-26)14-20(28)23-19-12-15(3)32-24-19/h6-7,12-13H,4-5,8-11,14H2,1-3H3,(H,23,24,28). The lowest BCUT2D eigenvalue weighted by Crippen LogP contribution is -2.50. The van der Waals surface area contributed by atoms with Crippen LogP contribution in [-0.2, 0) is 14.8 Å². The average Bonchev–Trinajstić information content (AvgIpc) is 3.19. The summed E-state index contributed by atoms with van der Waals surface area (Å²) in [5, 5.41) is 6.37. The van der Waals surface area contributed by atoms with Gasteiger partial charge in [0, 0.05) is 50.9 Å². The van der Waals surface area contributed by atoms with Crippen LogP contribution in [0.2, 0.25) is 0 Å². The first-order chi connectivity index (χ1) is 15.6. The second-order valence-corrected chi connectivity index (χ2v) is 9.58. The molecular weight excluding hydrogens is 453 g/mol. The molecule has 10 nitrogen and oxygen atoms in total. The molecule has 0 spiro atoms. The monoisotopic (exact) mass is 481 g/mol. The Kier molecular flexibility index (Phi) is 7.82. The molecule has 1 N–H and O–H groups in total. The van der Waals surface area contributed by atoms with Crippen molar-refractivity contribution in [3.8, 4) is 0 Å². The van der Waals surface area contributed by atoms with Crippen LogP contribution in [0.3, 0.4) is 0 Å². The van der Waals surface area contributed by atoms with Crippen molar-refractivity contribution in [2.75, 3.05) is 51.1 Å². The van der Waals surface area contributed by atoms with Crippen molar-refractivity contribution in [1.29, 1.82) is 0 Å². The number of sulfonamides is 1. The molecule has 1 aromatic heterocycles. The topological polar surface area (TPSA) is 116 Å². The Hall–Kier alpha value is -2.83. The Morgan fingerprint density at radius 2 is 1.82 bits per heavy atom. The summed E-state index contributed by atoms with van der Waals surface area (Å²) in [5.41, 5.74) is 0.106. The number of hydrogen-bond acceptors (Lipinski definition) is 7. The molecule has 0 saturated carbocycles. The summed E-state index contributed by atoms with van der Waals surface area (Å²) in [6.45, 7) is 7.21. The Balaban J connectivity index is 1.62. The van der Waals surface area contributed by atoms with E-state index in [1.54, 1.807) is 31.7 Å². The highest BCUT2D eigenvalue weighted by Crippen LogP contribution is 2.22. The molecule has 33 heavy (non-hydrogen) atoms. The van der Waals surface area contributed by atoms with E-state index in [1.807, 2.05) is 4.90 Å². The van der Waals surface area contributed by atoms with Crippen LogP contribution in [0, 0.1) is 12.7 Å². The molecule has 0 aliphatic carbocycles. The van der Waals surface area contributed by atoms with Gasteiger partial charge < -0.3 is 14.7 Å². The lowest BCUT2D eigenvalue weighted by molar-refractivity contribution is -0.117. The summed E-state index contributed by atoms with van der Waals surface area (Å²) < 4.78 is 45.9. The number of aromatic nitrogens is 1. The van der Waals surface area contributed by atoms with Crippen LogP contribution < -0.4 is 5.32 Å². The van der Waals surface area contributed by atoms with Gasteiger partial charge in [-0.25, -0.2) is 12.8 Å². The number of nitrogens with zero attached hydrogens (tertiary/aromatic N) is 4. The number of piperazine rings is 1. The van der Waals surface area contributed by atoms with Crippen molar-refractivity contribution in [1.82, 2.24) is 19.3 Å². The van der Waals surface area contributed by atoms with E-state index in [1.165, 1.54) is 6.07 Å². The molecule has 1 aromatic carbocycles. The molecule has 0 atom stereocenters. The highest BCUT2D eigenvalue weighted by Gasteiger charge is 2.28. The summed E-state index contributed by atoms with van der Waals surface area (Å²) >= 11 is 0. The Morgan fingerprint density at radius 1 is 1.15 bits per heavy atom. The maximum absolute atomic E-state index is 14.3. The minimum atomic E-state index is -4.04. The molecular formula is C21H28FN5O5S. The van der Waals surface area contributed by atoms with Crippen LogP contribution >= 0.6 is 0 Å². The first-order valence-corrected chi connectivity index (χ1v) is 12.1. The smallest absolute Gasteiger partial charge is 0.253 e. The fraction of sp³-hybridized carbons (Fsp3) is 0.476. The van der Waals surface area contributed by atoms with E-state index in [4.69, 9.17) is 4.52 Å². The molecule has 0 unspecified atom stereocenters. The van der Waals surface area contributed by atoms with E-state index in [0.717, 1.165) is 16.4 Å². The first-order valence-electron chi connectivity index (χ1n) is 10.7. The van der Waals surface area contributed by atoms with Gasteiger partial charge in [0.05, 0.1) is 6.54 Å². The van der Waals surface area contributed by atoms with E-state index in [9.17, 15) is 22.4 Å².